The molecule has 0 aromatic carbocycles. The van der Waals surface area contributed by atoms with E-state index in [0.717, 1.165) is 15.9 Å². The molecule has 0 unspecified atom stereocenters. The molecule has 2 aromatic rings. The monoisotopic (exact) mass is 273 g/mol. The lowest BCUT2D eigenvalue weighted by Gasteiger charge is -2.11. The molecule has 0 atom stereocenters. The number of nitrogens with zero attached hydrogens (tertiary/aromatic N) is 3. The molecule has 0 saturated heterocycles. The van der Waals surface area contributed by atoms with Crippen molar-refractivity contribution in [3.05, 3.63) is 28.1 Å². The Hall–Kier alpha value is -0.740. The largest absolute Gasteiger partial charge is 0.378 e. The predicted molar refractivity (Wildman–Crippen MR) is 62.2 cm³/mol. The SMILES string of the molecule is CN(C)c1ccn2c(Br)c(Cl)nc2c1. The summed E-state index contributed by atoms with van der Waals surface area (Å²) in [6, 6.07) is 3.99. The molecule has 0 radical (unpaired) electrons. The van der Waals surface area contributed by atoms with Crippen LogP contribution < -0.4 is 4.90 Å². The molecule has 0 spiro atoms. The number of imidazole rings is 1. The first-order valence-corrected chi connectivity index (χ1v) is 5.27. The lowest BCUT2D eigenvalue weighted by molar-refractivity contribution is 1.10. The average molecular weight is 275 g/mol. The van der Waals surface area contributed by atoms with Gasteiger partial charge in [0.1, 0.15) is 10.3 Å². The molecule has 0 amide bonds. The van der Waals surface area contributed by atoms with E-state index in [1.165, 1.54) is 0 Å². The molecule has 0 saturated carbocycles. The van der Waals surface area contributed by atoms with Crippen LogP contribution in [0, 0.1) is 0 Å². The molecule has 14 heavy (non-hydrogen) atoms. The van der Waals surface area contributed by atoms with Crippen LogP contribution in [0.2, 0.25) is 5.15 Å². The number of hydrogen-bond donors (Lipinski definition) is 0. The molecule has 0 fully saturated rings. The summed E-state index contributed by atoms with van der Waals surface area (Å²) in [5, 5.41) is 0.487. The summed E-state index contributed by atoms with van der Waals surface area (Å²) in [6.07, 6.45) is 1.94. The van der Waals surface area contributed by atoms with Crippen LogP contribution in [0.1, 0.15) is 0 Å². The third kappa shape index (κ3) is 1.48. The van der Waals surface area contributed by atoms with Crippen LogP contribution in [0.4, 0.5) is 5.69 Å². The Morgan fingerprint density at radius 3 is 2.86 bits per heavy atom. The Labute approximate surface area is 95.4 Å². The second-order valence-corrected chi connectivity index (χ2v) is 4.31. The fourth-order valence-corrected chi connectivity index (χ4v) is 1.82. The van der Waals surface area contributed by atoms with Gasteiger partial charge in [0.05, 0.1) is 0 Å². The molecule has 3 nitrogen and oxygen atoms in total. The first-order chi connectivity index (χ1) is 6.59. The van der Waals surface area contributed by atoms with Gasteiger partial charge in [-0.05, 0) is 22.0 Å². The van der Waals surface area contributed by atoms with Gasteiger partial charge in [0.15, 0.2) is 5.15 Å². The van der Waals surface area contributed by atoms with E-state index in [-0.39, 0.29) is 0 Å². The molecule has 0 N–H and O–H groups in total. The second-order valence-electron chi connectivity index (χ2n) is 3.20. The summed E-state index contributed by atoms with van der Waals surface area (Å²) < 4.78 is 2.69. The van der Waals surface area contributed by atoms with Crippen molar-refractivity contribution in [1.29, 1.82) is 0 Å². The van der Waals surface area contributed by atoms with Gasteiger partial charge in [0.25, 0.3) is 0 Å². The minimum absolute atomic E-state index is 0.487. The highest BCUT2D eigenvalue weighted by Crippen LogP contribution is 2.25. The molecule has 0 bridgehead atoms. The highest BCUT2D eigenvalue weighted by molar-refractivity contribution is 9.10. The smallest absolute Gasteiger partial charge is 0.162 e. The lowest BCUT2D eigenvalue weighted by atomic mass is 10.4. The summed E-state index contributed by atoms with van der Waals surface area (Å²) in [5.41, 5.74) is 1.94. The topological polar surface area (TPSA) is 20.5 Å². The lowest BCUT2D eigenvalue weighted by Crippen LogP contribution is -2.08. The molecule has 2 aromatic heterocycles. The molecule has 74 valence electrons. The van der Waals surface area contributed by atoms with Crippen LogP contribution in [0.3, 0.4) is 0 Å². The zero-order valence-electron chi connectivity index (χ0n) is 7.83. The summed E-state index contributed by atoms with van der Waals surface area (Å²) in [7, 11) is 3.98. The predicted octanol–water partition coefficient (Wildman–Crippen LogP) is 2.82. The maximum absolute atomic E-state index is 5.89. The second kappa shape index (κ2) is 3.44. The average Bonchev–Trinajstić information content (AvgIpc) is 2.42. The molecular formula is C9H9BrClN3. The van der Waals surface area contributed by atoms with E-state index in [4.69, 9.17) is 11.6 Å². The van der Waals surface area contributed by atoms with E-state index >= 15 is 0 Å². The maximum atomic E-state index is 5.89. The zero-order chi connectivity index (χ0) is 10.3. The molecule has 0 aliphatic rings. The maximum Gasteiger partial charge on any atom is 0.162 e. The van der Waals surface area contributed by atoms with Gasteiger partial charge in [-0.15, -0.1) is 0 Å². The van der Waals surface area contributed by atoms with Gasteiger partial charge in [0, 0.05) is 32.0 Å². The van der Waals surface area contributed by atoms with Crippen LogP contribution in [0.5, 0.6) is 0 Å². The van der Waals surface area contributed by atoms with E-state index in [9.17, 15) is 0 Å². The summed E-state index contributed by atoms with van der Waals surface area (Å²) >= 11 is 9.26. The Morgan fingerprint density at radius 2 is 2.21 bits per heavy atom. The van der Waals surface area contributed by atoms with Gasteiger partial charge >= 0.3 is 0 Å². The van der Waals surface area contributed by atoms with Crippen LogP contribution in [0.15, 0.2) is 22.9 Å². The van der Waals surface area contributed by atoms with Gasteiger partial charge in [0.2, 0.25) is 0 Å². The van der Waals surface area contributed by atoms with E-state index in [1.807, 2.05) is 41.7 Å². The quantitative estimate of drug-likeness (QED) is 0.797. The highest BCUT2D eigenvalue weighted by atomic mass is 79.9. The Kier molecular flexibility index (Phi) is 2.41. The van der Waals surface area contributed by atoms with Crippen molar-refractivity contribution >= 4 is 38.9 Å². The van der Waals surface area contributed by atoms with E-state index < -0.39 is 0 Å². The van der Waals surface area contributed by atoms with Crippen molar-refractivity contribution in [2.24, 2.45) is 0 Å². The van der Waals surface area contributed by atoms with Gasteiger partial charge in [-0.2, -0.15) is 0 Å². The number of halogens is 2. The van der Waals surface area contributed by atoms with Gasteiger partial charge < -0.3 is 4.90 Å². The number of pyridine rings is 1. The van der Waals surface area contributed by atoms with Crippen LogP contribution in [-0.4, -0.2) is 23.5 Å². The standard InChI is InChI=1S/C9H9BrClN3/c1-13(2)6-3-4-14-7(5-6)12-9(11)8(14)10/h3-5H,1-2H3. The summed E-state index contributed by atoms with van der Waals surface area (Å²) in [5.74, 6) is 0. The van der Waals surface area contributed by atoms with Crippen LogP contribution in [-0.2, 0) is 0 Å². The minimum atomic E-state index is 0.487. The van der Waals surface area contributed by atoms with Crippen molar-refractivity contribution in [1.82, 2.24) is 9.38 Å². The number of fused-ring (bicyclic) bond motifs is 1. The fraction of sp³-hybridized carbons (Fsp3) is 0.222. The number of rotatable bonds is 1. The molecule has 2 heterocycles. The Balaban J connectivity index is 2.67. The first-order valence-electron chi connectivity index (χ1n) is 4.10. The minimum Gasteiger partial charge on any atom is -0.378 e. The third-order valence-electron chi connectivity index (χ3n) is 2.03. The highest BCUT2D eigenvalue weighted by Gasteiger charge is 2.07. The third-order valence-corrected chi connectivity index (χ3v) is 3.28. The summed E-state index contributed by atoms with van der Waals surface area (Å²) in [4.78, 5) is 6.23. The normalized spacial score (nSPS) is 10.9. The van der Waals surface area contributed by atoms with Crippen molar-refractivity contribution < 1.29 is 0 Å². The molecular weight excluding hydrogens is 265 g/mol. The van der Waals surface area contributed by atoms with Crippen molar-refractivity contribution in [3.8, 4) is 0 Å². The van der Waals surface area contributed by atoms with Crippen molar-refractivity contribution in [2.45, 2.75) is 0 Å². The van der Waals surface area contributed by atoms with Crippen molar-refractivity contribution in [3.63, 3.8) is 0 Å². The number of hydrogen-bond acceptors (Lipinski definition) is 2. The molecule has 2 rings (SSSR count). The van der Waals surface area contributed by atoms with Gasteiger partial charge in [-0.3, -0.25) is 4.40 Å². The summed E-state index contributed by atoms with van der Waals surface area (Å²) in [6.45, 7) is 0. The first kappa shape index (κ1) is 9.80. The van der Waals surface area contributed by atoms with Gasteiger partial charge in [-0.25, -0.2) is 4.98 Å². The number of aromatic nitrogens is 2. The van der Waals surface area contributed by atoms with Crippen molar-refractivity contribution in [2.75, 3.05) is 19.0 Å². The van der Waals surface area contributed by atoms with E-state index in [2.05, 4.69) is 20.9 Å². The molecule has 0 aliphatic carbocycles. The van der Waals surface area contributed by atoms with Crippen LogP contribution >= 0.6 is 27.5 Å². The fourth-order valence-electron chi connectivity index (χ4n) is 1.25. The molecule has 5 heteroatoms. The van der Waals surface area contributed by atoms with E-state index in [0.29, 0.717) is 5.15 Å². The molecule has 0 aliphatic heterocycles. The number of anilines is 1. The Morgan fingerprint density at radius 1 is 1.50 bits per heavy atom. The van der Waals surface area contributed by atoms with Gasteiger partial charge in [-0.1, -0.05) is 11.6 Å². The van der Waals surface area contributed by atoms with E-state index in [1.54, 1.807) is 0 Å². The Bertz CT molecular complexity index is 478. The van der Waals surface area contributed by atoms with Crippen LogP contribution in [0.25, 0.3) is 5.65 Å². The zero-order valence-corrected chi connectivity index (χ0v) is 10.2.